The molecule has 11 nitrogen and oxygen atoms in total. The van der Waals surface area contributed by atoms with Crippen molar-refractivity contribution in [3.05, 3.63) is 0 Å². The summed E-state index contributed by atoms with van der Waals surface area (Å²) in [4.78, 5) is 0. The first-order valence-electron chi connectivity index (χ1n) is 3.69. The normalized spacial score (nSPS) is 9.35. The Balaban J connectivity index is 0. The molecule has 0 saturated heterocycles. The predicted molar refractivity (Wildman–Crippen MR) is 57.2 cm³/mol. The van der Waals surface area contributed by atoms with E-state index in [1.54, 1.807) is 0 Å². The Bertz CT molecular complexity index is 165. The summed E-state index contributed by atoms with van der Waals surface area (Å²) in [5.74, 6) is 0. The van der Waals surface area contributed by atoms with Gasteiger partial charge in [-0.1, -0.05) is 0 Å². The minimum atomic E-state index is -2.41. The second-order valence-corrected chi connectivity index (χ2v) is 2.12. The zero-order chi connectivity index (χ0) is 12.7. The first kappa shape index (κ1) is 20.7. The van der Waals surface area contributed by atoms with Crippen molar-refractivity contribution < 1.29 is 53.5 Å². The van der Waals surface area contributed by atoms with Gasteiger partial charge in [0.05, 0.1) is 0 Å². The van der Waals surface area contributed by atoms with Crippen molar-refractivity contribution in [2.24, 2.45) is 0 Å². The molecule has 0 heterocycles. The summed E-state index contributed by atoms with van der Waals surface area (Å²) < 4.78 is 15.8. The van der Waals surface area contributed by atoms with E-state index in [0.717, 1.165) is 0 Å². The average Bonchev–Trinajstić information content (AvgIpc) is 1.97. The Morgan fingerprint density at radius 3 is 1.18 bits per heavy atom. The van der Waals surface area contributed by atoms with Crippen LogP contribution in [0.15, 0.2) is 0 Å². The van der Waals surface area contributed by atoms with Gasteiger partial charge in [-0.3, -0.25) is 0 Å². The second kappa shape index (κ2) is 11.2. The fourth-order valence-corrected chi connectivity index (χ4v) is 0.526. The molecule has 0 aromatic carbocycles. The van der Waals surface area contributed by atoms with Crippen LogP contribution in [-0.2, 0) is 18.3 Å². The van der Waals surface area contributed by atoms with Gasteiger partial charge in [-0.25, -0.2) is 0 Å². The van der Waals surface area contributed by atoms with E-state index in [4.69, 9.17) is 35.2 Å². The van der Waals surface area contributed by atoms with Gasteiger partial charge in [-0.05, 0) is 0 Å². The minimum absolute atomic E-state index is 0. The standard InChI is InChI=1S/B5H7O11.Sr.2H/c6-1(7)13-4(12)16-5(14-2(8)9)15-3(10)11;;;/h6-12H;;;. The zero-order valence-electron chi connectivity index (χ0n) is 7.65. The molecule has 0 radical (unpaired) electrons. The van der Waals surface area contributed by atoms with Crippen LogP contribution in [0.1, 0.15) is 0 Å². The maximum atomic E-state index is 8.76. The van der Waals surface area contributed by atoms with E-state index in [9.17, 15) is 0 Å². The van der Waals surface area contributed by atoms with Crippen LogP contribution >= 0.6 is 0 Å². The fourth-order valence-electron chi connectivity index (χ4n) is 0.526. The molecule has 0 aromatic heterocycles. The van der Waals surface area contributed by atoms with Gasteiger partial charge >= 0.3 is 82.1 Å². The van der Waals surface area contributed by atoms with Crippen molar-refractivity contribution >= 4 is 82.1 Å². The van der Waals surface area contributed by atoms with Gasteiger partial charge in [0.15, 0.2) is 0 Å². The summed E-state index contributed by atoms with van der Waals surface area (Å²) in [7, 11) is -11.6. The van der Waals surface area contributed by atoms with Gasteiger partial charge in [0, 0.05) is 0 Å². The van der Waals surface area contributed by atoms with Gasteiger partial charge in [0.25, 0.3) is 0 Å². The van der Waals surface area contributed by atoms with E-state index in [-0.39, 0.29) is 45.5 Å². The molecule has 0 unspecified atom stereocenters. The van der Waals surface area contributed by atoms with E-state index < -0.39 is 36.6 Å². The SMILES string of the molecule is OB(O)OB(O)OB(OB(O)O)OB(O)O.[SrH2]. The van der Waals surface area contributed by atoms with E-state index in [1.807, 2.05) is 0 Å². The number of hydrogen-bond acceptors (Lipinski definition) is 11. The Morgan fingerprint density at radius 2 is 0.882 bits per heavy atom. The topological polar surface area (TPSA) is 179 Å². The van der Waals surface area contributed by atoms with E-state index >= 15 is 0 Å². The van der Waals surface area contributed by atoms with Gasteiger partial charge in [0.1, 0.15) is 0 Å². The van der Waals surface area contributed by atoms with Crippen molar-refractivity contribution in [3.63, 3.8) is 0 Å². The van der Waals surface area contributed by atoms with Crippen LogP contribution < -0.4 is 0 Å². The van der Waals surface area contributed by atoms with Crippen molar-refractivity contribution in [3.8, 4) is 0 Å². The van der Waals surface area contributed by atoms with Gasteiger partial charge in [-0.2, -0.15) is 0 Å². The van der Waals surface area contributed by atoms with Crippen LogP contribution in [-0.4, -0.2) is 117 Å². The monoisotopic (exact) mass is 328 g/mol. The summed E-state index contributed by atoms with van der Waals surface area (Å²) >= 11 is 0. The van der Waals surface area contributed by atoms with Gasteiger partial charge in [0.2, 0.25) is 0 Å². The summed E-state index contributed by atoms with van der Waals surface area (Å²) in [6, 6.07) is 0. The van der Waals surface area contributed by atoms with Gasteiger partial charge in [-0.15, -0.1) is 0 Å². The molecule has 0 fully saturated rings. The molecule has 7 N–H and O–H groups in total. The Hall–Kier alpha value is 1.37. The molecular formula is H9B5O11Sr. The summed E-state index contributed by atoms with van der Waals surface area (Å²) in [5, 5.41) is 58.5. The van der Waals surface area contributed by atoms with Crippen molar-refractivity contribution in [1.82, 2.24) is 0 Å². The molecule has 17 heteroatoms. The molecule has 0 aliphatic rings. The van der Waals surface area contributed by atoms with Crippen LogP contribution in [0.25, 0.3) is 0 Å². The Labute approximate surface area is 134 Å². The van der Waals surface area contributed by atoms with Crippen LogP contribution in [0, 0.1) is 0 Å². The molecule has 0 atom stereocenters. The molecule has 0 bridgehead atoms. The number of hydrogen-bond donors (Lipinski definition) is 7. The van der Waals surface area contributed by atoms with Crippen molar-refractivity contribution in [2.75, 3.05) is 0 Å². The van der Waals surface area contributed by atoms with E-state index in [0.29, 0.717) is 0 Å². The molecule has 0 aliphatic carbocycles. The summed E-state index contributed by atoms with van der Waals surface area (Å²) in [6.45, 7) is 0. The van der Waals surface area contributed by atoms with Crippen LogP contribution in [0.4, 0.5) is 0 Å². The average molecular weight is 327 g/mol. The maximum absolute atomic E-state index is 8.76. The Kier molecular flexibility index (Phi) is 13.6. The first-order chi connectivity index (χ1) is 7.31. The third kappa shape index (κ3) is 13.6. The van der Waals surface area contributed by atoms with Crippen molar-refractivity contribution in [2.45, 2.75) is 0 Å². The Morgan fingerprint density at radius 1 is 0.529 bits per heavy atom. The third-order valence-corrected chi connectivity index (χ3v) is 0.931. The third-order valence-electron chi connectivity index (χ3n) is 0.931. The predicted octanol–water partition coefficient (Wildman–Crippen LogP) is -6.99. The molecule has 0 spiro atoms. The van der Waals surface area contributed by atoms with Crippen LogP contribution in [0.5, 0.6) is 0 Å². The van der Waals surface area contributed by atoms with Crippen LogP contribution in [0.3, 0.4) is 0 Å². The molecule has 92 valence electrons. The molecule has 0 saturated carbocycles. The van der Waals surface area contributed by atoms with Crippen LogP contribution in [0.2, 0.25) is 0 Å². The first-order valence-corrected chi connectivity index (χ1v) is 3.69. The fraction of sp³-hybridized carbons (Fsp3) is 0. The van der Waals surface area contributed by atoms with E-state index in [1.165, 1.54) is 0 Å². The molecular weight excluding hydrogens is 318 g/mol. The molecule has 0 amide bonds. The van der Waals surface area contributed by atoms with E-state index in [2.05, 4.69) is 18.3 Å². The second-order valence-electron chi connectivity index (χ2n) is 2.12. The summed E-state index contributed by atoms with van der Waals surface area (Å²) in [5.41, 5.74) is 0. The molecule has 0 rings (SSSR count). The molecule has 17 heavy (non-hydrogen) atoms. The molecule has 0 aromatic rings. The zero-order valence-corrected chi connectivity index (χ0v) is 7.65. The quantitative estimate of drug-likeness (QED) is 0.211. The molecule has 0 aliphatic heterocycles. The summed E-state index contributed by atoms with van der Waals surface area (Å²) in [6.07, 6.45) is 0. The van der Waals surface area contributed by atoms with Gasteiger partial charge < -0.3 is 53.5 Å². The van der Waals surface area contributed by atoms with Crippen molar-refractivity contribution in [1.29, 1.82) is 0 Å². The number of rotatable bonds is 8.